The van der Waals surface area contributed by atoms with Gasteiger partial charge in [-0.25, -0.2) is 4.79 Å². The molecule has 1 aliphatic rings. The molecule has 6 unspecified atom stereocenters. The van der Waals surface area contributed by atoms with Crippen LogP contribution in [0.25, 0.3) is 0 Å². The molecule has 0 amide bonds. The van der Waals surface area contributed by atoms with E-state index in [-0.39, 0.29) is 57.1 Å². The number of hydrogen-bond acceptors (Lipinski definition) is 49. The van der Waals surface area contributed by atoms with Crippen molar-refractivity contribution in [2.24, 2.45) is 75.8 Å². The molecule has 1 fully saturated rings. The van der Waals surface area contributed by atoms with Crippen LogP contribution in [-0.4, -0.2) is 377 Å². The van der Waals surface area contributed by atoms with Gasteiger partial charge in [0.2, 0.25) is 0 Å². The monoisotopic (exact) mass is 2150 g/mol. The second-order valence-electron chi connectivity index (χ2n) is 42.8. The molecule has 850 valence electrons. The van der Waals surface area contributed by atoms with Gasteiger partial charge in [-0.3, -0.25) is 76.7 Å². The Hall–Kier alpha value is -11.2. The summed E-state index contributed by atoms with van der Waals surface area (Å²) in [6, 6.07) is 14.4. The second-order valence-corrected chi connectivity index (χ2v) is 42.8. The number of carbonyl (C=O) groups is 17. The van der Waals surface area contributed by atoms with Crippen LogP contribution in [0.1, 0.15) is 186 Å². The smallest absolute Gasteiger partial charge is 0.366 e. The molecule has 0 aromatic heterocycles. The van der Waals surface area contributed by atoms with Crippen molar-refractivity contribution in [1.29, 1.82) is 0 Å². The molecule has 6 atom stereocenters. The first kappa shape index (κ1) is 133. The van der Waals surface area contributed by atoms with E-state index < -0.39 is 387 Å². The zero-order chi connectivity index (χ0) is 114. The van der Waals surface area contributed by atoms with Gasteiger partial charge in [0, 0.05) is 25.2 Å². The maximum atomic E-state index is 14.6. The van der Waals surface area contributed by atoms with E-state index >= 15 is 0 Å². The molecule has 2 aromatic carbocycles. The molecule has 14 N–H and O–H groups in total. The summed E-state index contributed by atoms with van der Waals surface area (Å²) < 4.78 is 99.1. The third kappa shape index (κ3) is 37.1. The van der Waals surface area contributed by atoms with Crippen LogP contribution in [0.5, 0.6) is 5.75 Å². The van der Waals surface area contributed by atoms with E-state index in [2.05, 4.69) is 0 Å². The molecule has 3 rings (SSSR count). The van der Waals surface area contributed by atoms with Gasteiger partial charge >= 0.3 is 101 Å². The van der Waals surface area contributed by atoms with Crippen molar-refractivity contribution in [3.05, 3.63) is 65.2 Å². The lowest BCUT2D eigenvalue weighted by atomic mass is 9.78. The van der Waals surface area contributed by atoms with E-state index in [0.29, 0.717) is 6.92 Å². The van der Waals surface area contributed by atoms with E-state index in [0.717, 1.165) is 92.9 Å². The lowest BCUT2D eigenvalue weighted by Gasteiger charge is -2.35. The van der Waals surface area contributed by atoms with Gasteiger partial charge in [0.05, 0.1) is 106 Å². The van der Waals surface area contributed by atoms with Gasteiger partial charge in [0.25, 0.3) is 5.79 Å². The molecule has 150 heavy (non-hydrogen) atoms. The quantitative estimate of drug-likeness (QED) is 0.0134. The van der Waals surface area contributed by atoms with E-state index in [4.69, 9.17) is 85.3 Å². The van der Waals surface area contributed by atoms with Crippen LogP contribution in [0.4, 0.5) is 0 Å². The van der Waals surface area contributed by atoms with Crippen LogP contribution in [-0.2, 0) is 167 Å². The van der Waals surface area contributed by atoms with Crippen molar-refractivity contribution >= 4 is 101 Å². The van der Waals surface area contributed by atoms with Crippen molar-refractivity contribution in [3.8, 4) is 5.75 Å². The van der Waals surface area contributed by atoms with E-state index in [1.807, 2.05) is 45.0 Å². The van der Waals surface area contributed by atoms with Gasteiger partial charge in [0.15, 0.2) is 0 Å². The summed E-state index contributed by atoms with van der Waals surface area (Å²) in [5, 5.41) is 140. The highest BCUT2D eigenvalue weighted by molar-refractivity contribution is 5.87. The fourth-order valence-corrected chi connectivity index (χ4v) is 12.3. The Balaban J connectivity index is 2.01. The largest absolute Gasteiger partial charge is 0.465 e. The van der Waals surface area contributed by atoms with Gasteiger partial charge in [-0.1, -0.05) is 55.8 Å². The van der Waals surface area contributed by atoms with Crippen molar-refractivity contribution < 1.29 is 238 Å². The number of rotatable bonds is 64. The number of unbranched alkanes of at least 4 members (excludes halogenated alkanes) is 4. The van der Waals surface area contributed by atoms with E-state index in [1.165, 1.54) is 32.9 Å². The number of cyclic esters (lactones) is 2. The Morgan fingerprint density at radius 3 is 0.780 bits per heavy atom. The number of aryl methyl sites for hydroxylation is 1. The molecule has 0 radical (unpaired) electrons. The first-order valence-corrected chi connectivity index (χ1v) is 48.1. The van der Waals surface area contributed by atoms with E-state index in [1.54, 1.807) is 12.1 Å². The van der Waals surface area contributed by atoms with Crippen LogP contribution >= 0.6 is 0 Å². The average Bonchev–Trinajstić information content (AvgIpc) is 0.824. The van der Waals surface area contributed by atoms with Crippen LogP contribution in [0, 0.1) is 82.7 Å². The molecule has 49 heteroatoms. The zero-order valence-corrected chi connectivity index (χ0v) is 88.5. The highest BCUT2D eigenvalue weighted by Crippen LogP contribution is 2.39. The molecule has 49 nitrogen and oxygen atoms in total. The van der Waals surface area contributed by atoms with Crippen LogP contribution in [0.2, 0.25) is 0 Å². The molecule has 1 saturated heterocycles. The molecule has 0 spiro atoms. The number of hydrogen-bond donors (Lipinski definition) is 14. The van der Waals surface area contributed by atoms with Crippen molar-refractivity contribution in [2.75, 3.05) is 198 Å². The van der Waals surface area contributed by atoms with Gasteiger partial charge in [0.1, 0.15) is 174 Å². The number of aliphatic hydroxyl groups is 14. The summed E-state index contributed by atoms with van der Waals surface area (Å²) in [6.45, 7) is -5.71. The Labute approximate surface area is 868 Å². The van der Waals surface area contributed by atoms with E-state index in [9.17, 15) is 153 Å². The average molecular weight is 2150 g/mol. The fraction of sp³-hybridized carbons (Fsp3) is 0.713. The number of carbonyl (C=O) groups excluding carboxylic acids is 17. The Bertz CT molecular complexity index is 4720. The molecule has 1 aliphatic heterocycles. The maximum Gasteiger partial charge on any atom is 0.366 e. The number of ether oxygens (including phenoxy) is 18. The van der Waals surface area contributed by atoms with Crippen LogP contribution < -0.4 is 4.74 Å². The topological polar surface area (TPSA) is 740 Å². The van der Waals surface area contributed by atoms with Crippen molar-refractivity contribution in [3.63, 3.8) is 0 Å². The predicted molar refractivity (Wildman–Crippen MR) is 510 cm³/mol. The molecule has 0 aliphatic carbocycles. The molecule has 0 saturated carbocycles. The molecule has 2 aromatic rings. The minimum absolute atomic E-state index is 0.00433. The molecular weight excluding hydrogens is 2000 g/mol. The standard InChI is InChI=1S/C101H152O49/c1-65-27-29-66(30-28-65)86(2,3)67-31-33-68(34-32-67)150-84(129)100(17,52-137-70(115)26-22-20-24-36-135-79(124)95(12,56-148-83(128)99(16,64-149-85(130)101(18,131)132)61-142-75(120)91(8,45-110)46-111)54-146-81(126)97(14,59-140-73(118)89(6,41-106)42-107)60-141-74(119)90(7,43-108)44-109)51-136-69(114)25-21-19-23-35-134-78(123)94(11,53-145-80(125)96(13,57-138-71(116)87(4,37-102)38-103)58-139-72(117)88(5,39-104)40-105)55-147-82(127)98(15)62-143-76(121)92(9,47-112)49-133-50-93(10,48-113)77(122)144-63-98/h27-34,102-113,131-132H,19-26,35-64H2,1-18H3. The van der Waals surface area contributed by atoms with Gasteiger partial charge in [-0.15, -0.1) is 0 Å². The maximum absolute atomic E-state index is 14.6. The van der Waals surface area contributed by atoms with Gasteiger partial charge < -0.3 is 157 Å². The summed E-state index contributed by atoms with van der Waals surface area (Å²) in [6.07, 6.45) is -0.757. The lowest BCUT2D eigenvalue weighted by molar-refractivity contribution is -0.209. The fourth-order valence-electron chi connectivity index (χ4n) is 12.3. The number of benzene rings is 2. The van der Waals surface area contributed by atoms with Crippen molar-refractivity contribution in [1.82, 2.24) is 0 Å². The van der Waals surface area contributed by atoms with Crippen LogP contribution in [0.3, 0.4) is 0 Å². The van der Waals surface area contributed by atoms with Crippen LogP contribution in [0.15, 0.2) is 48.5 Å². The highest BCUT2D eigenvalue weighted by Gasteiger charge is 2.54. The highest BCUT2D eigenvalue weighted by atomic mass is 16.6. The third-order valence-corrected chi connectivity index (χ3v) is 25.8. The lowest BCUT2D eigenvalue weighted by Crippen LogP contribution is -2.49. The Morgan fingerprint density at radius 1 is 0.287 bits per heavy atom. The molecular formula is C101H152O49. The number of aliphatic hydroxyl groups excluding tert-OH is 12. The summed E-state index contributed by atoms with van der Waals surface area (Å²) in [7, 11) is 0. The number of esters is 17. The first-order chi connectivity index (χ1) is 69.6. The van der Waals surface area contributed by atoms with Crippen molar-refractivity contribution in [2.45, 2.75) is 187 Å². The van der Waals surface area contributed by atoms with Gasteiger partial charge in [-0.05, 0) is 166 Å². The Kier molecular flexibility index (Phi) is 51.0. The summed E-state index contributed by atoms with van der Waals surface area (Å²) in [5.74, 6) is -24.5. The minimum Gasteiger partial charge on any atom is -0.465 e. The summed E-state index contributed by atoms with van der Waals surface area (Å²) >= 11 is 0. The molecule has 1 heterocycles. The minimum atomic E-state index is -3.16. The SMILES string of the molecule is Cc1ccc(C(C)(C)c2ccc(OC(=O)C(C)(COC(=O)CCCCCOC(=O)C(C)(COC(=O)C(C)(COC(=O)C(C)(O)O)COC(=O)C(C)(CO)CO)COC(=O)C(C)(COC(=O)C(C)(CO)CO)COC(=O)C(C)(CO)CO)COC(=O)CCCCCOC(=O)C(C)(COC(=O)C(C)(COC(=O)C(C)(CO)CO)COC(=O)C(C)(CO)CO)COC(=O)C3(C)COC(=O)C(C)(CO)COCC(C)(CO)C(=O)OC3)cc2)cc1. The normalized spacial score (nSPS) is 17.9. The molecule has 0 bridgehead atoms. The first-order valence-electron chi connectivity index (χ1n) is 48.1. The third-order valence-electron chi connectivity index (χ3n) is 25.8. The Morgan fingerprint density at radius 2 is 0.520 bits per heavy atom. The summed E-state index contributed by atoms with van der Waals surface area (Å²) in [4.78, 5) is 235. The summed E-state index contributed by atoms with van der Waals surface area (Å²) in [5.41, 5.74) is -26.9. The zero-order valence-electron chi connectivity index (χ0n) is 88.5. The second kappa shape index (κ2) is 57.5. The predicted octanol–water partition coefficient (Wildman–Crippen LogP) is -0.235. The van der Waals surface area contributed by atoms with Gasteiger partial charge in [-0.2, -0.15) is 0 Å².